The summed E-state index contributed by atoms with van der Waals surface area (Å²) in [5, 5.41) is 13.6. The smallest absolute Gasteiger partial charge is 0.137 e. The molecule has 0 radical (unpaired) electrons. The minimum Gasteiger partial charge on any atom is -0.497 e. The number of aryl methyl sites for hydroxylation is 1. The molecule has 0 aliphatic heterocycles. The summed E-state index contributed by atoms with van der Waals surface area (Å²) in [6.07, 6.45) is 1.74. The number of hydrogen-bond donors (Lipinski definition) is 0. The third-order valence-corrected chi connectivity index (χ3v) is 5.75. The van der Waals surface area contributed by atoms with E-state index in [2.05, 4.69) is 16.0 Å². The van der Waals surface area contributed by atoms with Crippen molar-refractivity contribution in [2.24, 2.45) is 0 Å². The van der Waals surface area contributed by atoms with Gasteiger partial charge in [0.25, 0.3) is 0 Å². The summed E-state index contributed by atoms with van der Waals surface area (Å²) in [5.41, 5.74) is 4.85. The van der Waals surface area contributed by atoms with E-state index < -0.39 is 0 Å². The first-order valence-corrected chi connectivity index (χ1v) is 10.1. The quantitative estimate of drug-likeness (QED) is 0.285. The molecule has 29 heavy (non-hydrogen) atoms. The lowest BCUT2D eigenvalue weighted by Gasteiger charge is -2.05. The fourth-order valence-electron chi connectivity index (χ4n) is 3.03. The van der Waals surface area contributed by atoms with Crippen molar-refractivity contribution < 1.29 is 4.74 Å². The number of benzene rings is 2. The van der Waals surface area contributed by atoms with Gasteiger partial charge in [-0.15, -0.1) is 11.3 Å². The predicted molar refractivity (Wildman–Crippen MR) is 119 cm³/mol. The number of methoxy groups -OCH3 is 1. The molecule has 0 spiro atoms. The van der Waals surface area contributed by atoms with Crippen LogP contribution < -0.4 is 4.74 Å². The highest BCUT2D eigenvalue weighted by Crippen LogP contribution is 2.30. The third kappa shape index (κ3) is 3.86. The monoisotopic (exact) mass is 417 g/mol. The zero-order valence-electron chi connectivity index (χ0n) is 15.8. The van der Waals surface area contributed by atoms with Crippen molar-refractivity contribution in [3.63, 3.8) is 0 Å². The molecular weight excluding hydrogens is 402 g/mol. The van der Waals surface area contributed by atoms with Crippen molar-refractivity contribution >= 4 is 45.5 Å². The summed E-state index contributed by atoms with van der Waals surface area (Å²) in [4.78, 5) is 9.14. The van der Waals surface area contributed by atoms with E-state index >= 15 is 0 Å². The van der Waals surface area contributed by atoms with Crippen LogP contribution in [0.25, 0.3) is 33.8 Å². The lowest BCUT2D eigenvalue weighted by atomic mass is 10.1. The van der Waals surface area contributed by atoms with Crippen LogP contribution in [0.1, 0.15) is 16.1 Å². The first-order valence-electron chi connectivity index (χ1n) is 8.87. The normalized spacial score (nSPS) is 11.4. The topological polar surface area (TPSA) is 58.8 Å². The molecule has 6 heteroatoms. The van der Waals surface area contributed by atoms with E-state index in [0.29, 0.717) is 21.3 Å². The minimum absolute atomic E-state index is 0.367. The second-order valence-electron chi connectivity index (χ2n) is 6.45. The molecular formula is C23H16ClN3OS. The zero-order valence-corrected chi connectivity index (χ0v) is 17.4. The Morgan fingerprint density at radius 3 is 2.69 bits per heavy atom. The molecule has 0 atom stereocenters. The van der Waals surface area contributed by atoms with Crippen LogP contribution in [-0.2, 0) is 0 Å². The van der Waals surface area contributed by atoms with E-state index in [-0.39, 0.29) is 0 Å². The number of thiazole rings is 1. The number of nitrogens with zero attached hydrogens (tertiary/aromatic N) is 3. The standard InChI is InChI=1S/C23H16ClN3OS/c1-14-4-3-5-16-10-17(22(24)27-21(14)16)11-18(12-25)23-26-20(13-29-23)15-6-8-19(28-2)9-7-15/h3-11,13H,1-2H3/b18-11-. The van der Waals surface area contributed by atoms with Crippen molar-refractivity contribution in [2.45, 2.75) is 6.92 Å². The second-order valence-corrected chi connectivity index (χ2v) is 7.67. The largest absolute Gasteiger partial charge is 0.497 e. The highest BCUT2D eigenvalue weighted by Gasteiger charge is 2.12. The highest BCUT2D eigenvalue weighted by atomic mass is 35.5. The molecule has 2 aromatic carbocycles. The summed E-state index contributed by atoms with van der Waals surface area (Å²) >= 11 is 7.82. The molecule has 4 aromatic rings. The number of pyridine rings is 1. The van der Waals surface area contributed by atoms with E-state index in [4.69, 9.17) is 16.3 Å². The molecule has 0 unspecified atom stereocenters. The predicted octanol–water partition coefficient (Wildman–Crippen LogP) is 6.39. The average molecular weight is 418 g/mol. The molecule has 142 valence electrons. The van der Waals surface area contributed by atoms with Crippen LogP contribution >= 0.6 is 22.9 Å². The molecule has 0 amide bonds. The van der Waals surface area contributed by atoms with Gasteiger partial charge in [-0.25, -0.2) is 9.97 Å². The summed E-state index contributed by atoms with van der Waals surface area (Å²) in [6.45, 7) is 2.00. The van der Waals surface area contributed by atoms with E-state index in [1.807, 2.05) is 60.8 Å². The number of allylic oxidation sites excluding steroid dienone is 1. The van der Waals surface area contributed by atoms with Crippen LogP contribution in [0.15, 0.2) is 53.9 Å². The van der Waals surface area contributed by atoms with Gasteiger partial charge in [0.05, 0.1) is 23.9 Å². The molecule has 2 aromatic heterocycles. The van der Waals surface area contributed by atoms with Gasteiger partial charge in [-0.2, -0.15) is 5.26 Å². The van der Waals surface area contributed by atoms with Gasteiger partial charge in [-0.1, -0.05) is 29.8 Å². The van der Waals surface area contributed by atoms with Crippen molar-refractivity contribution in [1.82, 2.24) is 9.97 Å². The van der Waals surface area contributed by atoms with Crippen molar-refractivity contribution in [2.75, 3.05) is 7.11 Å². The van der Waals surface area contributed by atoms with E-state index in [0.717, 1.165) is 33.5 Å². The van der Waals surface area contributed by atoms with Crippen LogP contribution in [0, 0.1) is 18.3 Å². The second kappa shape index (κ2) is 8.04. The lowest BCUT2D eigenvalue weighted by Crippen LogP contribution is -1.89. The molecule has 0 aliphatic carbocycles. The molecule has 0 bridgehead atoms. The molecule has 0 saturated heterocycles. The maximum atomic E-state index is 9.71. The molecule has 4 nitrogen and oxygen atoms in total. The number of para-hydroxylation sites is 1. The third-order valence-electron chi connectivity index (χ3n) is 4.57. The van der Waals surface area contributed by atoms with Gasteiger partial charge in [-0.3, -0.25) is 0 Å². The fourth-order valence-corrected chi connectivity index (χ4v) is 4.02. The van der Waals surface area contributed by atoms with Gasteiger partial charge in [0.1, 0.15) is 22.0 Å². The Hall–Kier alpha value is -3.20. The lowest BCUT2D eigenvalue weighted by molar-refractivity contribution is 0.415. The number of halogens is 1. The first kappa shape index (κ1) is 19.1. The van der Waals surface area contributed by atoms with Crippen LogP contribution in [0.3, 0.4) is 0 Å². The Kier molecular flexibility index (Phi) is 5.30. The first-order chi connectivity index (χ1) is 14.1. The van der Waals surface area contributed by atoms with Gasteiger partial charge in [0.2, 0.25) is 0 Å². The van der Waals surface area contributed by atoms with Gasteiger partial charge in [0, 0.05) is 21.9 Å². The summed E-state index contributed by atoms with van der Waals surface area (Å²) in [5.74, 6) is 0.787. The van der Waals surface area contributed by atoms with Crippen molar-refractivity contribution in [1.29, 1.82) is 5.26 Å². The van der Waals surface area contributed by atoms with Gasteiger partial charge < -0.3 is 4.74 Å². The minimum atomic E-state index is 0.367. The molecule has 0 fully saturated rings. The Morgan fingerprint density at radius 2 is 1.97 bits per heavy atom. The maximum absolute atomic E-state index is 9.71. The van der Waals surface area contributed by atoms with E-state index in [9.17, 15) is 5.26 Å². The van der Waals surface area contributed by atoms with Crippen LogP contribution in [0.4, 0.5) is 0 Å². The Bertz CT molecular complexity index is 1270. The molecule has 0 saturated carbocycles. The van der Waals surface area contributed by atoms with Crippen molar-refractivity contribution in [3.8, 4) is 23.1 Å². The molecule has 2 heterocycles. The molecule has 0 aliphatic rings. The van der Waals surface area contributed by atoms with Gasteiger partial charge in [-0.05, 0) is 48.9 Å². The Labute approximate surface area is 177 Å². The summed E-state index contributed by atoms with van der Waals surface area (Å²) < 4.78 is 5.19. The number of ether oxygens (including phenoxy) is 1. The SMILES string of the molecule is COc1ccc(-c2csc(/C(C#N)=C\c3cc4cccc(C)c4nc3Cl)n2)cc1. The van der Waals surface area contributed by atoms with Crippen molar-refractivity contribution in [3.05, 3.63) is 75.2 Å². The maximum Gasteiger partial charge on any atom is 0.137 e. The number of nitriles is 1. The number of fused-ring (bicyclic) bond motifs is 1. The number of hydrogen-bond acceptors (Lipinski definition) is 5. The Balaban J connectivity index is 1.72. The number of rotatable bonds is 4. The average Bonchev–Trinajstić information content (AvgIpc) is 3.23. The fraction of sp³-hybridized carbons (Fsp3) is 0.0870. The van der Waals surface area contributed by atoms with Gasteiger partial charge >= 0.3 is 0 Å². The molecule has 0 N–H and O–H groups in total. The summed E-state index contributed by atoms with van der Waals surface area (Å²) in [6, 6.07) is 17.8. The molecule has 4 rings (SSSR count). The zero-order chi connectivity index (χ0) is 20.4. The summed E-state index contributed by atoms with van der Waals surface area (Å²) in [7, 11) is 1.63. The van der Waals surface area contributed by atoms with Crippen LogP contribution in [0.2, 0.25) is 5.15 Å². The van der Waals surface area contributed by atoms with E-state index in [1.54, 1.807) is 13.2 Å². The van der Waals surface area contributed by atoms with Gasteiger partial charge in [0.15, 0.2) is 0 Å². The Morgan fingerprint density at radius 1 is 1.17 bits per heavy atom. The highest BCUT2D eigenvalue weighted by molar-refractivity contribution is 7.11. The van der Waals surface area contributed by atoms with Crippen LogP contribution in [0.5, 0.6) is 5.75 Å². The van der Waals surface area contributed by atoms with Crippen LogP contribution in [-0.4, -0.2) is 17.1 Å². The number of aromatic nitrogens is 2. The van der Waals surface area contributed by atoms with E-state index in [1.165, 1.54) is 11.3 Å².